The maximum atomic E-state index is 13.9. The number of aliphatic hydroxyl groups is 4. The van der Waals surface area contributed by atoms with E-state index >= 15 is 0 Å². The van der Waals surface area contributed by atoms with Crippen LogP contribution in [0.15, 0.2) is 235 Å². The maximum Gasteiger partial charge on any atom is 0.255 e. The summed E-state index contributed by atoms with van der Waals surface area (Å²) in [5, 5.41) is 44.6. The average Bonchev–Trinajstić information content (AvgIpc) is 1.63. The van der Waals surface area contributed by atoms with Gasteiger partial charge in [-0.2, -0.15) is 0 Å². The van der Waals surface area contributed by atoms with Crippen LogP contribution < -0.4 is 15.0 Å². The average molecular weight is 2020 g/mol. The zero-order valence-electron chi connectivity index (χ0n) is 85.0. The Morgan fingerprint density at radius 3 is 1.16 bits per heavy atom. The zero-order chi connectivity index (χ0) is 103. The summed E-state index contributed by atoms with van der Waals surface area (Å²) in [6.07, 6.45) is 7.18. The van der Waals surface area contributed by atoms with Gasteiger partial charge in [0.05, 0.1) is 74.7 Å². The van der Waals surface area contributed by atoms with Gasteiger partial charge >= 0.3 is 0 Å². The van der Waals surface area contributed by atoms with Crippen molar-refractivity contribution in [3.05, 3.63) is 314 Å². The number of fused-ring (bicyclic) bond motifs is 3. The lowest BCUT2D eigenvalue weighted by Gasteiger charge is -2.35. The van der Waals surface area contributed by atoms with E-state index in [0.29, 0.717) is 112 Å². The van der Waals surface area contributed by atoms with Gasteiger partial charge in [0, 0.05) is 139 Å². The molecule has 147 heavy (non-hydrogen) atoms. The van der Waals surface area contributed by atoms with E-state index in [1.54, 1.807) is 55.6 Å². The molecule has 6 fully saturated rings. The first kappa shape index (κ1) is 105. The van der Waals surface area contributed by atoms with Crippen LogP contribution in [-0.4, -0.2) is 225 Å². The van der Waals surface area contributed by atoms with Crippen LogP contribution in [0.2, 0.25) is 0 Å². The molecule has 9 aromatic carbocycles. The highest BCUT2D eigenvalue weighted by Gasteiger charge is 2.50. The van der Waals surface area contributed by atoms with Crippen molar-refractivity contribution in [1.82, 2.24) is 44.7 Å². The number of aryl methyl sites for hydroxylation is 5. The molecule has 1 aliphatic carbocycles. The highest BCUT2D eigenvalue weighted by molar-refractivity contribution is 7.13. The number of aromatic nitrogens is 2. The Morgan fingerprint density at radius 1 is 0.408 bits per heavy atom. The third-order valence-corrected chi connectivity index (χ3v) is 32.3. The molecule has 8 aliphatic heterocycles. The van der Waals surface area contributed by atoms with E-state index < -0.39 is 60.7 Å². The van der Waals surface area contributed by atoms with Crippen molar-refractivity contribution in [2.75, 3.05) is 44.3 Å². The Kier molecular flexibility index (Phi) is 34.3. The standard InChI is InChI=1S/C31H38N2O5.C30H36N2O4.C29H32N4O4S.C29H28N2O3S/c1-20(2)29(33-18-24-5-3-4-6-26(24)30(33)36)31(37)32-19-25(34)17-27(32)28(35)12-9-21-7-10-22(11-8-21)23-13-15-38-16-14-23;1-19(2)28(32-17-23-6-3-4-9-25(23)29(32)35)30(36)31-18-24(33)16-26(31)27(34)15-12-20-10-13-22(14-11-20)21-7-5-8-21;1-17(2)25(33-14-21-6-4-5-7-23(21)28(33)36)29(37)32-15-22(34)12-24(32)27(35)30-13-19-8-10-20(11-9-19)26-18(3)31-16-38-26;1-20-29(35-19-30-20)22-13-10-21(11-14-22)12-15-28(33)27-17-24(32)18-31(27)23-6-5-9-26(16-23)34-25-7-3-2-4-8-25/h3-8,10-11,20,23,25,27,29,34H,9,12-19H2,1-2H3;3-4,6,9-11,13-14,19,21,24,26,28,33H,5,7-8,12,15-18H2,1-2H3;4-11,16-17,22,24-25,34H,12-15H2,1-3H3,(H,30,35);2-11,13-14,16,19,24,27,32H,12,15,17-18H2,1H3/t25-,27+,29+;24-,26+,28+;22-,24+,25+;24-,27+/m1111/s1. The molecule has 11 aromatic rings. The molecule has 26 nitrogen and oxygen atoms in total. The second-order valence-corrected chi connectivity index (χ2v) is 43.2. The fourth-order valence-electron chi connectivity index (χ4n) is 22.2. The quantitative estimate of drug-likeness (QED) is 0.0269. The maximum absolute atomic E-state index is 13.9. The summed E-state index contributed by atoms with van der Waals surface area (Å²) < 4.78 is 11.4. The zero-order valence-corrected chi connectivity index (χ0v) is 86.6. The first-order valence-electron chi connectivity index (χ1n) is 52.0. The lowest BCUT2D eigenvalue weighted by Crippen LogP contribution is -2.55. The largest absolute Gasteiger partial charge is 0.457 e. The van der Waals surface area contributed by atoms with Gasteiger partial charge < -0.3 is 69.5 Å². The minimum Gasteiger partial charge on any atom is -0.457 e. The number of rotatable bonds is 31. The Labute approximate surface area is 868 Å². The molecule has 768 valence electrons. The number of carbonyl (C=O) groups is 10. The number of hydrogen-bond acceptors (Lipinski definition) is 21. The van der Waals surface area contributed by atoms with Crippen LogP contribution in [0.4, 0.5) is 5.69 Å². The number of hydrogen-bond donors (Lipinski definition) is 5. The number of carbonyl (C=O) groups excluding carboxylic acids is 10. The van der Waals surface area contributed by atoms with Gasteiger partial charge in [0.15, 0.2) is 17.3 Å². The summed E-state index contributed by atoms with van der Waals surface area (Å²) in [4.78, 5) is 156. The van der Waals surface area contributed by atoms with Crippen molar-refractivity contribution in [2.24, 2.45) is 17.8 Å². The van der Waals surface area contributed by atoms with Gasteiger partial charge in [-0.05, 0) is 192 Å². The van der Waals surface area contributed by atoms with Crippen LogP contribution in [0, 0.1) is 31.6 Å². The number of aliphatic hydroxyl groups excluding tert-OH is 4. The molecular formula is C119H134N10O16S2. The Balaban J connectivity index is 0.000000134. The van der Waals surface area contributed by atoms with Crippen LogP contribution in [0.3, 0.4) is 0 Å². The summed E-state index contributed by atoms with van der Waals surface area (Å²) in [6.45, 7) is 19.3. The fourth-order valence-corrected chi connectivity index (χ4v) is 23.8. The number of ketones is 3. The molecule has 5 saturated heterocycles. The number of nitrogens with one attached hydrogen (secondary N) is 1. The Morgan fingerprint density at radius 2 is 0.769 bits per heavy atom. The number of benzene rings is 9. The van der Waals surface area contributed by atoms with Gasteiger partial charge in [-0.25, -0.2) is 9.97 Å². The van der Waals surface area contributed by atoms with Gasteiger partial charge in [0.2, 0.25) is 23.6 Å². The van der Waals surface area contributed by atoms with Crippen LogP contribution in [0.25, 0.3) is 20.9 Å². The topological polar surface area (TPSA) is 331 Å². The normalized spacial score (nSPS) is 20.6. The van der Waals surface area contributed by atoms with Gasteiger partial charge in [-0.1, -0.05) is 224 Å². The number of β-amino-alcohol motifs (C(OH)–C–C–N with tert-alkyl or cyclic N) is 4. The van der Waals surface area contributed by atoms with Crippen LogP contribution >= 0.6 is 22.7 Å². The molecular weight excluding hydrogens is 1890 g/mol. The van der Waals surface area contributed by atoms with Crippen LogP contribution in [-0.2, 0) is 83.7 Å². The lowest BCUT2D eigenvalue weighted by atomic mass is 9.80. The molecule has 0 unspecified atom stereocenters. The summed E-state index contributed by atoms with van der Waals surface area (Å²) in [5.41, 5.74) is 20.4. The molecule has 0 radical (unpaired) electrons. The first-order chi connectivity index (χ1) is 71.0. The van der Waals surface area contributed by atoms with Crippen molar-refractivity contribution in [3.63, 3.8) is 0 Å². The second kappa shape index (κ2) is 47.8. The van der Waals surface area contributed by atoms with E-state index in [1.807, 2.05) is 205 Å². The van der Waals surface area contributed by atoms with E-state index in [4.69, 9.17) is 9.47 Å². The second-order valence-electron chi connectivity index (χ2n) is 41.5. The molecule has 28 heteroatoms. The monoisotopic (exact) mass is 2020 g/mol. The highest BCUT2D eigenvalue weighted by Crippen LogP contribution is 2.41. The van der Waals surface area contributed by atoms with Crippen molar-refractivity contribution < 1.29 is 77.8 Å². The smallest absolute Gasteiger partial charge is 0.255 e. The molecule has 2 aromatic heterocycles. The van der Waals surface area contributed by atoms with Crippen molar-refractivity contribution in [3.8, 4) is 32.4 Å². The summed E-state index contributed by atoms with van der Waals surface area (Å²) in [5.74, 6) is 0.753. The van der Waals surface area contributed by atoms with Gasteiger partial charge in [0.1, 0.15) is 35.7 Å². The van der Waals surface area contributed by atoms with Crippen LogP contribution in [0.5, 0.6) is 11.5 Å². The van der Waals surface area contributed by atoms with E-state index in [2.05, 4.69) is 88.1 Å². The number of anilines is 1. The van der Waals surface area contributed by atoms with Crippen LogP contribution in [0.1, 0.15) is 223 Å². The number of thiazole rings is 2. The third kappa shape index (κ3) is 24.7. The number of likely N-dealkylation sites (tertiary alicyclic amines) is 3. The number of nitrogens with zero attached hydrogens (tertiary/aromatic N) is 9. The molecule has 11 atom stereocenters. The molecule has 20 rings (SSSR count). The number of para-hydroxylation sites is 1. The third-order valence-electron chi connectivity index (χ3n) is 30.3. The molecule has 1 saturated carbocycles. The SMILES string of the molecule is CC(C)[C@@H](C(=O)N1C[C@H](O)C[C@H]1C(=O)CCc1ccc(C2CCC2)cc1)N1Cc2ccccc2C1=O.CC(C)[C@@H](C(=O)N1C[C@H](O)C[C@H]1C(=O)CCc1ccc(C2CCOCC2)cc1)N1Cc2ccccc2C1=O.Cc1ncsc1-c1ccc(CCC(=O)[C@@H]2C[C@@H](O)CN2c2cccc(Oc3ccccc3)c2)cc1.Cc1ncsc1-c1ccc(CNC(=O)[C@@H]2C[C@@H](O)CN2C(=O)[C@H](C(C)C)N2Cc3ccccc3C2=O)cc1. The molecule has 0 bridgehead atoms. The summed E-state index contributed by atoms with van der Waals surface area (Å²) in [6, 6.07) is 68.5. The van der Waals surface area contributed by atoms with Crippen molar-refractivity contribution in [2.45, 2.75) is 256 Å². The fraction of sp³-hybridized carbons (Fsp3) is 0.412. The Hall–Kier alpha value is -13.1. The number of ether oxygens (including phenoxy) is 2. The Bertz CT molecular complexity index is 6500. The number of Topliss-reactive ketones (excluding diaryl/α,β-unsaturated/α-hetero) is 3. The predicted molar refractivity (Wildman–Crippen MR) is 567 cm³/mol. The predicted octanol–water partition coefficient (Wildman–Crippen LogP) is 17.3. The molecule has 7 amide bonds. The van der Waals surface area contributed by atoms with E-state index in [9.17, 15) is 68.4 Å². The van der Waals surface area contributed by atoms with Gasteiger partial charge in [-0.3, -0.25) is 47.9 Å². The number of amides is 7. The minimum absolute atomic E-state index is 0.0264. The van der Waals surface area contributed by atoms with Crippen molar-refractivity contribution >= 4 is 87.1 Å². The highest BCUT2D eigenvalue weighted by atomic mass is 32.1. The summed E-state index contributed by atoms with van der Waals surface area (Å²) >= 11 is 3.23. The summed E-state index contributed by atoms with van der Waals surface area (Å²) in [7, 11) is 0. The van der Waals surface area contributed by atoms with E-state index in [1.165, 1.54) is 50.0 Å². The first-order valence-corrected chi connectivity index (χ1v) is 53.7. The molecule has 10 heterocycles. The van der Waals surface area contributed by atoms with Crippen molar-refractivity contribution in [1.29, 1.82) is 0 Å². The minimum atomic E-state index is -0.795. The van der Waals surface area contributed by atoms with Gasteiger partial charge in [0.25, 0.3) is 17.7 Å². The van der Waals surface area contributed by atoms with Gasteiger partial charge in [-0.15, -0.1) is 22.7 Å². The van der Waals surface area contributed by atoms with E-state index in [0.717, 1.165) is 104 Å². The molecule has 5 N–H and O–H groups in total. The molecule has 0 spiro atoms. The lowest BCUT2D eigenvalue weighted by molar-refractivity contribution is -0.143. The van der Waals surface area contributed by atoms with E-state index in [-0.39, 0.29) is 121 Å². The molecule has 9 aliphatic rings.